The van der Waals surface area contributed by atoms with E-state index in [2.05, 4.69) is 10.4 Å². The maximum absolute atomic E-state index is 12.8. The average Bonchev–Trinajstić information content (AvgIpc) is 3.03. The first kappa shape index (κ1) is 18.2. The van der Waals surface area contributed by atoms with Crippen molar-refractivity contribution in [3.63, 3.8) is 0 Å². The van der Waals surface area contributed by atoms with Crippen molar-refractivity contribution < 1.29 is 9.59 Å². The molecule has 2 heterocycles. The monoisotopic (exact) mass is 354 g/mol. The normalized spacial score (nSPS) is 15.1. The van der Waals surface area contributed by atoms with Gasteiger partial charge in [-0.2, -0.15) is 5.10 Å². The number of piperidine rings is 1. The molecule has 1 aliphatic rings. The number of rotatable bonds is 4. The summed E-state index contributed by atoms with van der Waals surface area (Å²) in [5.74, 6) is 0.00651. The summed E-state index contributed by atoms with van der Waals surface area (Å²) in [7, 11) is 1.84. The molecule has 0 spiro atoms. The van der Waals surface area contributed by atoms with E-state index in [1.807, 2.05) is 50.1 Å². The van der Waals surface area contributed by atoms with Crippen molar-refractivity contribution in [1.29, 1.82) is 0 Å². The zero-order chi connectivity index (χ0) is 18.7. The lowest BCUT2D eigenvalue weighted by Crippen LogP contribution is -2.46. The Bertz CT molecular complexity index is 804. The number of hydrogen-bond donors (Lipinski definition) is 1. The van der Waals surface area contributed by atoms with Gasteiger partial charge in [-0.1, -0.05) is 25.1 Å². The largest absolute Gasteiger partial charge is 0.349 e. The summed E-state index contributed by atoms with van der Waals surface area (Å²) in [5.41, 5.74) is 3.22. The minimum atomic E-state index is -0.0339. The highest BCUT2D eigenvalue weighted by atomic mass is 16.2. The number of carbonyl (C=O) groups is 2. The molecule has 0 unspecified atom stereocenters. The molecule has 1 aromatic carbocycles. The minimum absolute atomic E-state index is 0.0339. The van der Waals surface area contributed by atoms with Crippen molar-refractivity contribution in [3.05, 3.63) is 52.8 Å². The Morgan fingerprint density at radius 1 is 1.19 bits per heavy atom. The molecule has 6 nitrogen and oxygen atoms in total. The predicted octanol–water partition coefficient (Wildman–Crippen LogP) is 2.33. The molecule has 2 amide bonds. The van der Waals surface area contributed by atoms with Crippen molar-refractivity contribution >= 4 is 11.8 Å². The third kappa shape index (κ3) is 3.79. The maximum Gasteiger partial charge on any atom is 0.257 e. The van der Waals surface area contributed by atoms with Crippen LogP contribution in [-0.4, -0.2) is 45.6 Å². The van der Waals surface area contributed by atoms with E-state index in [9.17, 15) is 9.59 Å². The van der Waals surface area contributed by atoms with Crippen LogP contribution in [0.3, 0.4) is 0 Å². The van der Waals surface area contributed by atoms with Crippen LogP contribution < -0.4 is 5.32 Å². The van der Waals surface area contributed by atoms with Gasteiger partial charge in [0.2, 0.25) is 0 Å². The lowest BCUT2D eigenvalue weighted by atomic mass is 10.0. The van der Waals surface area contributed by atoms with E-state index >= 15 is 0 Å². The van der Waals surface area contributed by atoms with E-state index in [1.165, 1.54) is 0 Å². The standard InChI is InChI=1S/C20H26N4O2/c1-4-18-17(13-23(3)22-18)20(26)24-11-9-15(10-12-24)21-19(25)16-8-6-5-7-14(16)2/h5-8,13,15H,4,9-12H2,1-3H3,(H,21,25). The summed E-state index contributed by atoms with van der Waals surface area (Å²) in [6.07, 6.45) is 4.08. The van der Waals surface area contributed by atoms with E-state index in [1.54, 1.807) is 10.9 Å². The summed E-state index contributed by atoms with van der Waals surface area (Å²) in [5, 5.41) is 7.46. The van der Waals surface area contributed by atoms with Crippen LogP contribution >= 0.6 is 0 Å². The Hall–Kier alpha value is -2.63. The maximum atomic E-state index is 12.8. The molecule has 2 aromatic rings. The van der Waals surface area contributed by atoms with Crippen LogP contribution in [0.5, 0.6) is 0 Å². The quantitative estimate of drug-likeness (QED) is 0.916. The first-order valence-electron chi connectivity index (χ1n) is 9.18. The zero-order valence-electron chi connectivity index (χ0n) is 15.7. The fraction of sp³-hybridized carbons (Fsp3) is 0.450. The molecule has 1 fully saturated rings. The number of aryl methyl sites for hydroxylation is 3. The van der Waals surface area contributed by atoms with Crippen molar-refractivity contribution in [2.45, 2.75) is 39.2 Å². The topological polar surface area (TPSA) is 67.2 Å². The molecule has 0 saturated carbocycles. The molecule has 138 valence electrons. The van der Waals surface area contributed by atoms with Crippen LogP contribution in [0.4, 0.5) is 0 Å². The van der Waals surface area contributed by atoms with Gasteiger partial charge in [0.25, 0.3) is 11.8 Å². The molecular formula is C20H26N4O2. The van der Waals surface area contributed by atoms with E-state index < -0.39 is 0 Å². The molecule has 0 bridgehead atoms. The number of benzene rings is 1. The summed E-state index contributed by atoms with van der Waals surface area (Å²) < 4.78 is 1.70. The van der Waals surface area contributed by atoms with Crippen LogP contribution in [0.15, 0.2) is 30.5 Å². The van der Waals surface area contributed by atoms with Gasteiger partial charge in [-0.25, -0.2) is 0 Å². The number of carbonyl (C=O) groups excluding carboxylic acids is 2. The Labute approximate surface area is 154 Å². The molecule has 1 aromatic heterocycles. The first-order valence-corrected chi connectivity index (χ1v) is 9.18. The number of aromatic nitrogens is 2. The number of amides is 2. The second-order valence-corrected chi connectivity index (χ2v) is 6.87. The SMILES string of the molecule is CCc1nn(C)cc1C(=O)N1CCC(NC(=O)c2ccccc2C)CC1. The molecule has 1 saturated heterocycles. The highest BCUT2D eigenvalue weighted by Gasteiger charge is 2.27. The van der Waals surface area contributed by atoms with E-state index in [0.29, 0.717) is 24.2 Å². The van der Waals surface area contributed by atoms with Crippen molar-refractivity contribution in [3.8, 4) is 0 Å². The van der Waals surface area contributed by atoms with E-state index in [4.69, 9.17) is 0 Å². The molecule has 26 heavy (non-hydrogen) atoms. The number of nitrogens with zero attached hydrogens (tertiary/aromatic N) is 3. The van der Waals surface area contributed by atoms with Crippen LogP contribution in [0.1, 0.15) is 51.7 Å². The molecule has 0 atom stereocenters. The third-order valence-electron chi connectivity index (χ3n) is 4.98. The van der Waals surface area contributed by atoms with Gasteiger partial charge in [0.05, 0.1) is 11.3 Å². The molecule has 1 aliphatic heterocycles. The third-order valence-corrected chi connectivity index (χ3v) is 4.98. The Morgan fingerprint density at radius 2 is 1.88 bits per heavy atom. The van der Waals surface area contributed by atoms with Gasteiger partial charge in [-0.3, -0.25) is 14.3 Å². The summed E-state index contributed by atoms with van der Waals surface area (Å²) in [6, 6.07) is 7.69. The van der Waals surface area contributed by atoms with Crippen LogP contribution in [0, 0.1) is 6.92 Å². The van der Waals surface area contributed by atoms with Gasteiger partial charge in [0.15, 0.2) is 0 Å². The Morgan fingerprint density at radius 3 is 2.54 bits per heavy atom. The van der Waals surface area contributed by atoms with Gasteiger partial charge in [0.1, 0.15) is 0 Å². The summed E-state index contributed by atoms with van der Waals surface area (Å²) in [4.78, 5) is 27.1. The lowest BCUT2D eigenvalue weighted by Gasteiger charge is -2.32. The molecular weight excluding hydrogens is 328 g/mol. The molecule has 1 N–H and O–H groups in total. The summed E-state index contributed by atoms with van der Waals surface area (Å²) >= 11 is 0. The number of nitrogens with one attached hydrogen (secondary N) is 1. The Balaban J connectivity index is 1.58. The average molecular weight is 354 g/mol. The van der Waals surface area contributed by atoms with Gasteiger partial charge in [0, 0.05) is 37.9 Å². The lowest BCUT2D eigenvalue weighted by molar-refractivity contribution is 0.0697. The summed E-state index contributed by atoms with van der Waals surface area (Å²) in [6.45, 7) is 5.24. The minimum Gasteiger partial charge on any atom is -0.349 e. The first-order chi connectivity index (χ1) is 12.5. The highest BCUT2D eigenvalue weighted by molar-refractivity contribution is 5.96. The predicted molar refractivity (Wildman–Crippen MR) is 100 cm³/mol. The molecule has 6 heteroatoms. The van der Waals surface area contributed by atoms with Crippen molar-refractivity contribution in [2.75, 3.05) is 13.1 Å². The zero-order valence-corrected chi connectivity index (χ0v) is 15.7. The molecule has 0 radical (unpaired) electrons. The fourth-order valence-electron chi connectivity index (χ4n) is 3.46. The highest BCUT2D eigenvalue weighted by Crippen LogP contribution is 2.17. The fourth-order valence-corrected chi connectivity index (χ4v) is 3.46. The van der Waals surface area contributed by atoms with Crippen LogP contribution in [0.2, 0.25) is 0 Å². The van der Waals surface area contributed by atoms with Crippen LogP contribution in [-0.2, 0) is 13.5 Å². The van der Waals surface area contributed by atoms with Crippen molar-refractivity contribution in [2.24, 2.45) is 7.05 Å². The molecule has 3 rings (SSSR count). The van der Waals surface area contributed by atoms with Gasteiger partial charge in [-0.15, -0.1) is 0 Å². The second kappa shape index (κ2) is 7.72. The van der Waals surface area contributed by atoms with Gasteiger partial charge >= 0.3 is 0 Å². The Kier molecular flexibility index (Phi) is 5.40. The molecule has 0 aliphatic carbocycles. The number of likely N-dealkylation sites (tertiary alicyclic amines) is 1. The van der Waals surface area contributed by atoms with Crippen LogP contribution in [0.25, 0.3) is 0 Å². The number of hydrogen-bond acceptors (Lipinski definition) is 3. The van der Waals surface area contributed by atoms with Gasteiger partial charge < -0.3 is 10.2 Å². The smallest absolute Gasteiger partial charge is 0.257 e. The van der Waals surface area contributed by atoms with Crippen molar-refractivity contribution in [1.82, 2.24) is 20.0 Å². The van der Waals surface area contributed by atoms with Gasteiger partial charge in [-0.05, 0) is 37.8 Å². The van der Waals surface area contributed by atoms with E-state index in [0.717, 1.165) is 30.5 Å². The van der Waals surface area contributed by atoms with E-state index in [-0.39, 0.29) is 17.9 Å². The second-order valence-electron chi connectivity index (χ2n) is 6.87.